The minimum absolute atomic E-state index is 0.0429. The number of ether oxygens (including phenoxy) is 3. The zero-order valence-corrected chi connectivity index (χ0v) is 19.5. The van der Waals surface area contributed by atoms with Crippen LogP contribution in [-0.4, -0.2) is 47.2 Å². The molecule has 12 heteroatoms. The van der Waals surface area contributed by atoms with Gasteiger partial charge in [-0.1, -0.05) is 5.21 Å². The SMILES string of the molecule is COc1cc(-c2nc(Cn3nnc(C(=O)Nc4ccc(F)cc4)c3N)c(C)o2)cc(OC)c1OC. The molecule has 35 heavy (non-hydrogen) atoms. The van der Waals surface area contributed by atoms with Crippen LogP contribution in [0.5, 0.6) is 17.2 Å². The summed E-state index contributed by atoms with van der Waals surface area (Å²) in [5.74, 6) is 1.27. The number of aromatic nitrogens is 4. The first-order valence-electron chi connectivity index (χ1n) is 10.4. The number of benzene rings is 2. The molecule has 11 nitrogen and oxygen atoms in total. The lowest BCUT2D eigenvalue weighted by Crippen LogP contribution is -2.15. The lowest BCUT2D eigenvalue weighted by molar-refractivity contribution is 0.102. The second-order valence-electron chi connectivity index (χ2n) is 7.38. The average Bonchev–Trinajstić information content (AvgIpc) is 3.41. The molecule has 2 heterocycles. The van der Waals surface area contributed by atoms with Crippen LogP contribution in [0.2, 0.25) is 0 Å². The van der Waals surface area contributed by atoms with Crippen LogP contribution < -0.4 is 25.3 Å². The van der Waals surface area contributed by atoms with Crippen molar-refractivity contribution in [1.82, 2.24) is 20.0 Å². The number of rotatable bonds is 8. The van der Waals surface area contributed by atoms with Gasteiger partial charge in [0.2, 0.25) is 11.6 Å². The van der Waals surface area contributed by atoms with Crippen molar-refractivity contribution in [1.29, 1.82) is 0 Å². The Kier molecular flexibility index (Phi) is 6.53. The number of nitrogens with two attached hydrogens (primary N) is 1. The van der Waals surface area contributed by atoms with Gasteiger partial charge < -0.3 is 29.7 Å². The first-order valence-corrected chi connectivity index (χ1v) is 10.4. The Morgan fingerprint density at radius 1 is 1.11 bits per heavy atom. The van der Waals surface area contributed by atoms with E-state index in [1.807, 2.05) is 0 Å². The van der Waals surface area contributed by atoms with Crippen molar-refractivity contribution in [3.8, 4) is 28.7 Å². The third-order valence-corrected chi connectivity index (χ3v) is 5.19. The monoisotopic (exact) mass is 482 g/mol. The molecule has 0 atom stereocenters. The quantitative estimate of drug-likeness (QED) is 0.387. The van der Waals surface area contributed by atoms with Crippen molar-refractivity contribution in [3.05, 3.63) is 59.4 Å². The van der Waals surface area contributed by atoms with Crippen molar-refractivity contribution in [2.75, 3.05) is 32.4 Å². The summed E-state index contributed by atoms with van der Waals surface area (Å²) < 4.78 is 36.4. The fraction of sp³-hybridized carbons (Fsp3) is 0.217. The number of nitrogens with one attached hydrogen (secondary N) is 1. The lowest BCUT2D eigenvalue weighted by atomic mass is 10.2. The maximum atomic E-state index is 13.1. The van der Waals surface area contributed by atoms with Gasteiger partial charge in [0.15, 0.2) is 23.0 Å². The Morgan fingerprint density at radius 3 is 2.37 bits per heavy atom. The molecule has 4 rings (SSSR count). The second kappa shape index (κ2) is 9.71. The van der Waals surface area contributed by atoms with Gasteiger partial charge in [0.25, 0.3) is 5.91 Å². The molecule has 0 radical (unpaired) electrons. The van der Waals surface area contributed by atoms with Crippen LogP contribution in [-0.2, 0) is 6.54 Å². The third-order valence-electron chi connectivity index (χ3n) is 5.19. The van der Waals surface area contributed by atoms with E-state index in [0.717, 1.165) is 0 Å². The summed E-state index contributed by atoms with van der Waals surface area (Å²) in [6.07, 6.45) is 0. The molecule has 0 saturated heterocycles. The maximum absolute atomic E-state index is 13.1. The molecule has 0 spiro atoms. The highest BCUT2D eigenvalue weighted by atomic mass is 19.1. The molecule has 0 unspecified atom stereocenters. The molecule has 3 N–H and O–H groups in total. The average molecular weight is 482 g/mol. The summed E-state index contributed by atoms with van der Waals surface area (Å²) in [6.45, 7) is 1.86. The van der Waals surface area contributed by atoms with E-state index in [0.29, 0.717) is 45.8 Å². The largest absolute Gasteiger partial charge is 0.493 e. The van der Waals surface area contributed by atoms with Crippen LogP contribution >= 0.6 is 0 Å². The van der Waals surface area contributed by atoms with Crippen LogP contribution in [0.3, 0.4) is 0 Å². The van der Waals surface area contributed by atoms with Gasteiger partial charge >= 0.3 is 0 Å². The summed E-state index contributed by atoms with van der Waals surface area (Å²) in [7, 11) is 4.55. The summed E-state index contributed by atoms with van der Waals surface area (Å²) in [6, 6.07) is 8.76. The number of halogens is 1. The predicted molar refractivity (Wildman–Crippen MR) is 124 cm³/mol. The van der Waals surface area contributed by atoms with Crippen LogP contribution in [0, 0.1) is 12.7 Å². The molecule has 0 aliphatic carbocycles. The summed E-state index contributed by atoms with van der Waals surface area (Å²) in [4.78, 5) is 17.1. The number of methoxy groups -OCH3 is 3. The number of amides is 1. The van der Waals surface area contributed by atoms with E-state index in [1.165, 1.54) is 50.3 Å². The first kappa shape index (κ1) is 23.5. The topological polar surface area (TPSA) is 140 Å². The van der Waals surface area contributed by atoms with Crippen LogP contribution in [0.25, 0.3) is 11.5 Å². The van der Waals surface area contributed by atoms with Gasteiger partial charge in [-0.25, -0.2) is 14.1 Å². The number of hydrogen-bond acceptors (Lipinski definition) is 9. The molecule has 0 bridgehead atoms. The number of hydrogen-bond donors (Lipinski definition) is 2. The minimum Gasteiger partial charge on any atom is -0.493 e. The molecule has 0 aliphatic rings. The highest BCUT2D eigenvalue weighted by Crippen LogP contribution is 2.41. The summed E-state index contributed by atoms with van der Waals surface area (Å²) >= 11 is 0. The van der Waals surface area contributed by atoms with E-state index in [-0.39, 0.29) is 18.1 Å². The van der Waals surface area contributed by atoms with E-state index >= 15 is 0 Å². The predicted octanol–water partition coefficient (Wildman–Crippen LogP) is 3.29. The van der Waals surface area contributed by atoms with E-state index in [1.54, 1.807) is 19.1 Å². The van der Waals surface area contributed by atoms with Crippen molar-refractivity contribution in [3.63, 3.8) is 0 Å². The Morgan fingerprint density at radius 2 is 1.77 bits per heavy atom. The van der Waals surface area contributed by atoms with Gasteiger partial charge in [-0.2, -0.15) is 0 Å². The van der Waals surface area contributed by atoms with Crippen LogP contribution in [0.4, 0.5) is 15.9 Å². The van der Waals surface area contributed by atoms with E-state index < -0.39 is 11.7 Å². The number of nitrogen functional groups attached to an aromatic ring is 1. The molecule has 0 aliphatic heterocycles. The van der Waals surface area contributed by atoms with E-state index in [9.17, 15) is 9.18 Å². The van der Waals surface area contributed by atoms with Gasteiger partial charge in [-0.3, -0.25) is 4.79 Å². The molecule has 0 saturated carbocycles. The van der Waals surface area contributed by atoms with E-state index in [2.05, 4.69) is 20.6 Å². The number of anilines is 2. The fourth-order valence-electron chi connectivity index (χ4n) is 3.37. The molecule has 4 aromatic rings. The molecule has 182 valence electrons. The van der Waals surface area contributed by atoms with Crippen LogP contribution in [0.15, 0.2) is 40.8 Å². The fourth-order valence-corrected chi connectivity index (χ4v) is 3.37. The first-order chi connectivity index (χ1) is 16.8. The summed E-state index contributed by atoms with van der Waals surface area (Å²) in [5, 5.41) is 10.5. The van der Waals surface area contributed by atoms with Crippen molar-refractivity contribution >= 4 is 17.4 Å². The number of carbonyl (C=O) groups excluding carboxylic acids is 1. The number of oxazole rings is 1. The molecular weight excluding hydrogens is 459 g/mol. The molecule has 1 amide bonds. The second-order valence-corrected chi connectivity index (χ2v) is 7.38. The number of carbonyl (C=O) groups is 1. The van der Waals surface area contributed by atoms with Gasteiger partial charge in [-0.05, 0) is 43.3 Å². The van der Waals surface area contributed by atoms with Crippen molar-refractivity contribution < 1.29 is 27.8 Å². The normalized spacial score (nSPS) is 10.8. The van der Waals surface area contributed by atoms with Gasteiger partial charge in [-0.15, -0.1) is 5.10 Å². The highest BCUT2D eigenvalue weighted by Gasteiger charge is 2.21. The Balaban J connectivity index is 1.57. The summed E-state index contributed by atoms with van der Waals surface area (Å²) in [5.41, 5.74) is 7.59. The Hall–Kier alpha value is -4.61. The minimum atomic E-state index is -0.574. The molecule has 2 aromatic heterocycles. The number of nitrogens with zero attached hydrogens (tertiary/aromatic N) is 4. The Labute approximate surface area is 199 Å². The Bertz CT molecular complexity index is 1340. The van der Waals surface area contributed by atoms with Gasteiger partial charge in [0.05, 0.1) is 27.9 Å². The zero-order valence-electron chi connectivity index (χ0n) is 19.5. The smallest absolute Gasteiger partial charge is 0.280 e. The molecule has 2 aromatic carbocycles. The van der Waals surface area contributed by atoms with Gasteiger partial charge in [0.1, 0.15) is 17.3 Å². The maximum Gasteiger partial charge on any atom is 0.280 e. The third kappa shape index (κ3) is 4.71. The van der Waals surface area contributed by atoms with E-state index in [4.69, 9.17) is 24.4 Å². The van der Waals surface area contributed by atoms with Crippen molar-refractivity contribution in [2.45, 2.75) is 13.5 Å². The van der Waals surface area contributed by atoms with Crippen LogP contribution in [0.1, 0.15) is 21.9 Å². The van der Waals surface area contributed by atoms with Crippen molar-refractivity contribution in [2.24, 2.45) is 0 Å². The van der Waals surface area contributed by atoms with Gasteiger partial charge in [0, 0.05) is 11.3 Å². The molecule has 0 fully saturated rings. The zero-order chi connectivity index (χ0) is 25.1. The molecular formula is C23H23FN6O5. The highest BCUT2D eigenvalue weighted by molar-refractivity contribution is 6.05. The standard InChI is InChI=1S/C23H23FN6O5/c1-12-16(27-23(35-12)13-9-17(32-2)20(34-4)18(10-13)33-3)11-30-21(25)19(28-29-30)22(31)26-15-7-5-14(24)6-8-15/h5-10H,11,25H2,1-4H3,(H,26,31). The number of aryl methyl sites for hydroxylation is 1. The lowest BCUT2D eigenvalue weighted by Gasteiger charge is -2.12.